The molecule has 0 bridgehead atoms. The zero-order valence-corrected chi connectivity index (χ0v) is 9.76. The van der Waals surface area contributed by atoms with Crippen LogP contribution < -0.4 is 16.4 Å². The molecule has 5 heteroatoms. The van der Waals surface area contributed by atoms with Crippen LogP contribution in [-0.2, 0) is 4.79 Å². The maximum Gasteiger partial charge on any atom is 0.242 e. The van der Waals surface area contributed by atoms with E-state index in [9.17, 15) is 9.90 Å². The number of anilines is 2. The van der Waals surface area contributed by atoms with Crippen molar-refractivity contribution >= 4 is 17.3 Å². The first-order valence-corrected chi connectivity index (χ1v) is 5.61. The number of nitrogen functional groups attached to an aromatic ring is 1. The van der Waals surface area contributed by atoms with E-state index in [1.54, 1.807) is 6.07 Å². The first kappa shape index (κ1) is 11.7. The third kappa shape index (κ3) is 2.06. The number of hydrogen-bond acceptors (Lipinski definition) is 4. The van der Waals surface area contributed by atoms with Gasteiger partial charge in [0, 0.05) is 17.9 Å². The lowest BCUT2D eigenvalue weighted by molar-refractivity contribution is -0.120. The third-order valence-electron chi connectivity index (χ3n) is 3.24. The maximum absolute atomic E-state index is 11.3. The fourth-order valence-corrected chi connectivity index (χ4v) is 2.25. The Morgan fingerprint density at radius 2 is 2.24 bits per heavy atom. The third-order valence-corrected chi connectivity index (χ3v) is 3.24. The molecule has 2 rings (SSSR count). The fraction of sp³-hybridized carbons (Fsp3) is 0.417. The highest BCUT2D eigenvalue weighted by molar-refractivity contribution is 5.85. The van der Waals surface area contributed by atoms with Crippen molar-refractivity contribution in [2.75, 3.05) is 17.2 Å². The zero-order chi connectivity index (χ0) is 12.6. The average Bonchev–Trinajstić information content (AvgIpc) is 2.64. The number of carbonyl (C=O) groups is 1. The van der Waals surface area contributed by atoms with Gasteiger partial charge in [-0.2, -0.15) is 0 Å². The van der Waals surface area contributed by atoms with Gasteiger partial charge in [0.05, 0.1) is 6.10 Å². The number of rotatable bonds is 2. The van der Waals surface area contributed by atoms with Crippen LogP contribution >= 0.6 is 0 Å². The lowest BCUT2D eigenvalue weighted by Gasteiger charge is -2.26. The lowest BCUT2D eigenvalue weighted by Crippen LogP contribution is -2.45. The second-order valence-corrected chi connectivity index (χ2v) is 4.44. The van der Waals surface area contributed by atoms with Gasteiger partial charge in [-0.05, 0) is 37.1 Å². The molecule has 0 radical (unpaired) electrons. The number of aryl methyl sites for hydroxylation is 1. The van der Waals surface area contributed by atoms with Crippen LogP contribution in [0, 0.1) is 6.92 Å². The Hall–Kier alpha value is -1.75. The number of nitrogens with two attached hydrogens (primary N) is 2. The summed E-state index contributed by atoms with van der Waals surface area (Å²) in [5.41, 5.74) is 13.6. The maximum atomic E-state index is 11.3. The van der Waals surface area contributed by atoms with Gasteiger partial charge >= 0.3 is 0 Å². The summed E-state index contributed by atoms with van der Waals surface area (Å²) in [4.78, 5) is 13.2. The van der Waals surface area contributed by atoms with E-state index in [1.807, 2.05) is 24.0 Å². The van der Waals surface area contributed by atoms with Gasteiger partial charge in [0.25, 0.3) is 0 Å². The molecule has 1 heterocycles. The molecule has 0 aromatic heterocycles. The molecule has 1 aliphatic rings. The number of carbonyl (C=O) groups excluding carboxylic acids is 1. The number of hydrogen-bond donors (Lipinski definition) is 3. The Labute approximate surface area is 100 Å². The highest BCUT2D eigenvalue weighted by atomic mass is 16.3. The van der Waals surface area contributed by atoms with Crippen molar-refractivity contribution in [2.24, 2.45) is 5.73 Å². The lowest BCUT2D eigenvalue weighted by atomic mass is 10.1. The molecule has 5 nitrogen and oxygen atoms in total. The van der Waals surface area contributed by atoms with Crippen molar-refractivity contribution in [3.05, 3.63) is 23.8 Å². The monoisotopic (exact) mass is 235 g/mol. The summed E-state index contributed by atoms with van der Waals surface area (Å²) >= 11 is 0. The first-order valence-electron chi connectivity index (χ1n) is 5.61. The van der Waals surface area contributed by atoms with E-state index in [2.05, 4.69) is 0 Å². The van der Waals surface area contributed by atoms with E-state index in [4.69, 9.17) is 11.5 Å². The fourth-order valence-electron chi connectivity index (χ4n) is 2.25. The predicted molar refractivity (Wildman–Crippen MR) is 66.5 cm³/mol. The normalized spacial score (nSPS) is 24.0. The number of amides is 1. The number of primary amides is 1. The van der Waals surface area contributed by atoms with Gasteiger partial charge in [0.15, 0.2) is 0 Å². The predicted octanol–water partition coefficient (Wildman–Crippen LogP) is 0.00212. The van der Waals surface area contributed by atoms with Gasteiger partial charge in [0.1, 0.15) is 6.04 Å². The highest BCUT2D eigenvalue weighted by Gasteiger charge is 2.37. The van der Waals surface area contributed by atoms with Gasteiger partial charge in [-0.3, -0.25) is 4.79 Å². The Kier molecular flexibility index (Phi) is 2.93. The molecule has 92 valence electrons. The largest absolute Gasteiger partial charge is 0.399 e. The van der Waals surface area contributed by atoms with Crippen molar-refractivity contribution in [2.45, 2.75) is 25.5 Å². The molecule has 0 spiro atoms. The Morgan fingerprint density at radius 3 is 2.82 bits per heavy atom. The van der Waals surface area contributed by atoms with Crippen LogP contribution in [0.25, 0.3) is 0 Å². The van der Waals surface area contributed by atoms with E-state index in [0.717, 1.165) is 11.3 Å². The van der Waals surface area contributed by atoms with Gasteiger partial charge in [-0.15, -0.1) is 0 Å². The molecule has 2 atom stereocenters. The molecule has 1 amide bonds. The Bertz CT molecular complexity index is 447. The van der Waals surface area contributed by atoms with E-state index in [1.165, 1.54) is 0 Å². The van der Waals surface area contributed by atoms with Crippen molar-refractivity contribution in [3.8, 4) is 0 Å². The van der Waals surface area contributed by atoms with Gasteiger partial charge in [0.2, 0.25) is 5.91 Å². The van der Waals surface area contributed by atoms with Crippen LogP contribution in [-0.4, -0.2) is 29.7 Å². The number of benzene rings is 1. The van der Waals surface area contributed by atoms with Gasteiger partial charge < -0.3 is 21.5 Å². The van der Waals surface area contributed by atoms with Crippen molar-refractivity contribution in [3.63, 3.8) is 0 Å². The smallest absolute Gasteiger partial charge is 0.242 e. The quantitative estimate of drug-likeness (QED) is 0.629. The number of nitrogens with zero attached hydrogens (tertiary/aromatic N) is 1. The summed E-state index contributed by atoms with van der Waals surface area (Å²) in [6.07, 6.45) is -0.137. The average molecular weight is 235 g/mol. The standard InChI is InChI=1S/C12H17N3O2/c1-7-6-8(2-3-9(7)13)15-5-4-10(16)11(15)12(14)17/h2-3,6,10-11,16H,4-5,13H2,1H3,(H2,14,17). The molecular weight excluding hydrogens is 218 g/mol. The second-order valence-electron chi connectivity index (χ2n) is 4.44. The molecular formula is C12H17N3O2. The minimum Gasteiger partial charge on any atom is -0.399 e. The van der Waals surface area contributed by atoms with Crippen molar-refractivity contribution in [1.29, 1.82) is 0 Å². The number of aliphatic hydroxyl groups is 1. The minimum atomic E-state index is -0.689. The van der Waals surface area contributed by atoms with Crippen LogP contribution in [0.2, 0.25) is 0 Å². The van der Waals surface area contributed by atoms with Crippen LogP contribution in [0.4, 0.5) is 11.4 Å². The molecule has 1 aromatic carbocycles. The van der Waals surface area contributed by atoms with Crippen LogP contribution in [0.15, 0.2) is 18.2 Å². The molecule has 1 aliphatic heterocycles. The van der Waals surface area contributed by atoms with E-state index in [0.29, 0.717) is 18.7 Å². The highest BCUT2D eigenvalue weighted by Crippen LogP contribution is 2.28. The van der Waals surface area contributed by atoms with E-state index >= 15 is 0 Å². The number of aliphatic hydroxyl groups excluding tert-OH is 1. The molecule has 2 unspecified atom stereocenters. The van der Waals surface area contributed by atoms with E-state index in [-0.39, 0.29) is 0 Å². The molecule has 0 saturated carbocycles. The summed E-state index contributed by atoms with van der Waals surface area (Å²) < 4.78 is 0. The molecule has 1 fully saturated rings. The van der Waals surface area contributed by atoms with Gasteiger partial charge in [-0.25, -0.2) is 0 Å². The molecule has 1 aromatic rings. The molecule has 1 saturated heterocycles. The van der Waals surface area contributed by atoms with Gasteiger partial charge in [-0.1, -0.05) is 0 Å². The zero-order valence-electron chi connectivity index (χ0n) is 9.76. The molecule has 5 N–H and O–H groups in total. The molecule has 17 heavy (non-hydrogen) atoms. The van der Waals surface area contributed by atoms with Crippen molar-refractivity contribution < 1.29 is 9.90 Å². The van der Waals surface area contributed by atoms with Crippen molar-refractivity contribution in [1.82, 2.24) is 0 Å². The summed E-state index contributed by atoms with van der Waals surface area (Å²) in [7, 11) is 0. The second kappa shape index (κ2) is 4.25. The summed E-state index contributed by atoms with van der Waals surface area (Å²) in [5, 5.41) is 9.75. The van der Waals surface area contributed by atoms with Crippen LogP contribution in [0.5, 0.6) is 0 Å². The Balaban J connectivity index is 2.32. The molecule has 0 aliphatic carbocycles. The summed E-state index contributed by atoms with van der Waals surface area (Å²) in [6, 6.07) is 4.91. The minimum absolute atomic E-state index is 0.496. The van der Waals surface area contributed by atoms with Crippen LogP contribution in [0.3, 0.4) is 0 Å². The first-order chi connectivity index (χ1) is 8.00. The van der Waals surface area contributed by atoms with E-state index < -0.39 is 18.1 Å². The SMILES string of the molecule is Cc1cc(N2CCC(O)C2C(N)=O)ccc1N. The topological polar surface area (TPSA) is 92.6 Å². The summed E-state index contributed by atoms with van der Waals surface area (Å²) in [6.45, 7) is 2.53. The summed E-state index contributed by atoms with van der Waals surface area (Å²) in [5.74, 6) is -0.496. The van der Waals surface area contributed by atoms with Crippen LogP contribution in [0.1, 0.15) is 12.0 Å². The Morgan fingerprint density at radius 1 is 1.53 bits per heavy atom.